The monoisotopic (exact) mass is 267 g/mol. The summed E-state index contributed by atoms with van der Waals surface area (Å²) in [6.45, 7) is 1.04. The van der Waals surface area contributed by atoms with Crippen molar-refractivity contribution in [2.45, 2.75) is 18.9 Å². The Morgan fingerprint density at radius 1 is 0.889 bits per heavy atom. The number of halogens is 5. The van der Waals surface area contributed by atoms with Crippen LogP contribution < -0.4 is 10.1 Å². The summed E-state index contributed by atoms with van der Waals surface area (Å²) >= 11 is 0. The van der Waals surface area contributed by atoms with E-state index in [1.165, 1.54) is 0 Å². The highest BCUT2D eigenvalue weighted by molar-refractivity contribution is 5.30. The lowest BCUT2D eigenvalue weighted by Crippen LogP contribution is -2.37. The van der Waals surface area contributed by atoms with Gasteiger partial charge in [0.25, 0.3) is 0 Å². The van der Waals surface area contributed by atoms with Gasteiger partial charge in [0, 0.05) is 6.54 Å². The van der Waals surface area contributed by atoms with E-state index in [1.54, 1.807) is 0 Å². The Morgan fingerprint density at radius 2 is 1.44 bits per heavy atom. The molecule has 2 nitrogen and oxygen atoms in total. The number of piperidine rings is 1. The van der Waals surface area contributed by atoms with Crippen molar-refractivity contribution in [3.63, 3.8) is 0 Å². The van der Waals surface area contributed by atoms with Crippen LogP contribution in [0, 0.1) is 29.1 Å². The molecule has 1 unspecified atom stereocenters. The minimum atomic E-state index is -2.18. The van der Waals surface area contributed by atoms with Crippen molar-refractivity contribution in [2.24, 2.45) is 0 Å². The van der Waals surface area contributed by atoms with Gasteiger partial charge in [0.2, 0.25) is 29.1 Å². The van der Waals surface area contributed by atoms with Gasteiger partial charge in [-0.15, -0.1) is 0 Å². The zero-order valence-electron chi connectivity index (χ0n) is 9.20. The first-order valence-corrected chi connectivity index (χ1v) is 5.41. The third kappa shape index (κ3) is 2.27. The maximum atomic E-state index is 13.3. The summed E-state index contributed by atoms with van der Waals surface area (Å²) in [4.78, 5) is 0. The molecule has 1 aromatic rings. The Kier molecular flexibility index (Phi) is 3.70. The molecule has 1 aromatic carbocycles. The summed E-state index contributed by atoms with van der Waals surface area (Å²) < 4.78 is 70.0. The van der Waals surface area contributed by atoms with Gasteiger partial charge in [-0.3, -0.25) is 0 Å². The first kappa shape index (κ1) is 13.1. The fraction of sp³-hybridized carbons (Fsp3) is 0.455. The van der Waals surface area contributed by atoms with Crippen molar-refractivity contribution in [1.29, 1.82) is 0 Å². The van der Waals surface area contributed by atoms with E-state index in [2.05, 4.69) is 5.32 Å². The minimum Gasteiger partial charge on any atom is -0.483 e. The molecule has 1 aliphatic heterocycles. The smallest absolute Gasteiger partial charge is 0.207 e. The summed E-state index contributed by atoms with van der Waals surface area (Å²) in [5.41, 5.74) is 0. The van der Waals surface area contributed by atoms with Gasteiger partial charge in [-0.1, -0.05) is 0 Å². The van der Waals surface area contributed by atoms with E-state index >= 15 is 0 Å². The Balaban J connectivity index is 2.32. The van der Waals surface area contributed by atoms with E-state index in [0.717, 1.165) is 6.54 Å². The molecule has 0 bridgehead atoms. The Morgan fingerprint density at radius 3 is 1.94 bits per heavy atom. The average molecular weight is 267 g/mol. The molecule has 1 saturated heterocycles. The third-order valence-corrected chi connectivity index (χ3v) is 2.71. The van der Waals surface area contributed by atoms with Crippen LogP contribution in [0.15, 0.2) is 0 Å². The molecule has 1 heterocycles. The Bertz CT molecular complexity index is 430. The summed E-state index contributed by atoms with van der Waals surface area (Å²) in [5, 5.41) is 2.90. The number of ether oxygens (including phenoxy) is 1. The van der Waals surface area contributed by atoms with Gasteiger partial charge in [0.1, 0.15) is 6.10 Å². The van der Waals surface area contributed by atoms with Crippen molar-refractivity contribution >= 4 is 0 Å². The van der Waals surface area contributed by atoms with E-state index in [-0.39, 0.29) is 0 Å². The fourth-order valence-corrected chi connectivity index (χ4v) is 1.78. The van der Waals surface area contributed by atoms with Crippen molar-refractivity contribution in [3.8, 4) is 5.75 Å². The van der Waals surface area contributed by atoms with Crippen LogP contribution in [0.1, 0.15) is 12.8 Å². The quantitative estimate of drug-likeness (QED) is 0.505. The van der Waals surface area contributed by atoms with Gasteiger partial charge in [-0.05, 0) is 19.4 Å². The van der Waals surface area contributed by atoms with E-state index in [0.29, 0.717) is 19.4 Å². The molecule has 0 amide bonds. The fourth-order valence-electron chi connectivity index (χ4n) is 1.78. The lowest BCUT2D eigenvalue weighted by molar-refractivity contribution is 0.148. The molecular weight excluding hydrogens is 257 g/mol. The lowest BCUT2D eigenvalue weighted by Gasteiger charge is -2.24. The van der Waals surface area contributed by atoms with Crippen LogP contribution in [-0.4, -0.2) is 19.2 Å². The molecule has 2 rings (SSSR count). The molecule has 7 heteroatoms. The van der Waals surface area contributed by atoms with Crippen molar-refractivity contribution in [3.05, 3.63) is 29.1 Å². The zero-order chi connectivity index (χ0) is 13.3. The largest absolute Gasteiger partial charge is 0.483 e. The van der Waals surface area contributed by atoms with Gasteiger partial charge >= 0.3 is 0 Å². The summed E-state index contributed by atoms with van der Waals surface area (Å²) in [7, 11) is 0. The van der Waals surface area contributed by atoms with Gasteiger partial charge in [0.05, 0.1) is 0 Å². The maximum absolute atomic E-state index is 13.3. The maximum Gasteiger partial charge on any atom is 0.207 e. The van der Waals surface area contributed by atoms with E-state index in [4.69, 9.17) is 4.74 Å². The number of nitrogens with one attached hydrogen (secondary N) is 1. The van der Waals surface area contributed by atoms with Crippen LogP contribution >= 0.6 is 0 Å². The number of rotatable bonds is 2. The van der Waals surface area contributed by atoms with Crippen LogP contribution in [0.5, 0.6) is 5.75 Å². The third-order valence-electron chi connectivity index (χ3n) is 2.71. The van der Waals surface area contributed by atoms with Gasteiger partial charge in [-0.25, -0.2) is 13.2 Å². The molecule has 0 spiro atoms. The van der Waals surface area contributed by atoms with Gasteiger partial charge in [0.15, 0.2) is 5.75 Å². The van der Waals surface area contributed by atoms with Crippen molar-refractivity contribution in [1.82, 2.24) is 5.32 Å². The summed E-state index contributed by atoms with van der Waals surface area (Å²) in [6.07, 6.45) is 0.596. The lowest BCUT2D eigenvalue weighted by atomic mass is 10.1. The molecule has 1 fully saturated rings. The second-order valence-corrected chi connectivity index (χ2v) is 3.99. The predicted octanol–water partition coefficient (Wildman–Crippen LogP) is 2.51. The Labute approximate surface area is 99.7 Å². The zero-order valence-corrected chi connectivity index (χ0v) is 9.20. The molecule has 1 atom stereocenters. The standard InChI is InChI=1S/C11H10F5NO/c12-6-7(13)9(15)11(10(16)8(6)14)18-5-2-1-3-17-4-5/h5,17H,1-4H2. The second kappa shape index (κ2) is 5.09. The number of benzene rings is 1. The number of hydrogen-bond acceptors (Lipinski definition) is 2. The molecule has 0 aromatic heterocycles. The topological polar surface area (TPSA) is 21.3 Å². The molecule has 0 aliphatic carbocycles. The van der Waals surface area contributed by atoms with Crippen molar-refractivity contribution < 1.29 is 26.7 Å². The molecular formula is C11H10F5NO. The highest BCUT2D eigenvalue weighted by Crippen LogP contribution is 2.30. The molecule has 18 heavy (non-hydrogen) atoms. The first-order chi connectivity index (χ1) is 8.52. The van der Waals surface area contributed by atoms with E-state index < -0.39 is 40.9 Å². The van der Waals surface area contributed by atoms with Gasteiger partial charge in [-0.2, -0.15) is 8.78 Å². The number of hydrogen-bond donors (Lipinski definition) is 1. The average Bonchev–Trinajstić information content (AvgIpc) is 2.40. The SMILES string of the molecule is Fc1c(F)c(F)c(OC2CCCNC2)c(F)c1F. The highest BCUT2D eigenvalue weighted by Gasteiger charge is 2.29. The van der Waals surface area contributed by atoms with Crippen LogP contribution in [0.2, 0.25) is 0 Å². The molecule has 1 aliphatic rings. The predicted molar refractivity (Wildman–Crippen MR) is 52.8 cm³/mol. The highest BCUT2D eigenvalue weighted by atomic mass is 19.2. The van der Waals surface area contributed by atoms with Crippen LogP contribution in [0.25, 0.3) is 0 Å². The molecule has 0 radical (unpaired) electrons. The summed E-state index contributed by atoms with van der Waals surface area (Å²) in [6, 6.07) is 0. The van der Waals surface area contributed by atoms with E-state index in [1.807, 2.05) is 0 Å². The van der Waals surface area contributed by atoms with Crippen molar-refractivity contribution in [2.75, 3.05) is 13.1 Å². The Hall–Kier alpha value is -1.37. The molecule has 0 saturated carbocycles. The van der Waals surface area contributed by atoms with Crippen LogP contribution in [-0.2, 0) is 0 Å². The normalized spacial score (nSPS) is 19.9. The van der Waals surface area contributed by atoms with Crippen LogP contribution in [0.4, 0.5) is 22.0 Å². The second-order valence-electron chi connectivity index (χ2n) is 3.99. The first-order valence-electron chi connectivity index (χ1n) is 5.41. The van der Waals surface area contributed by atoms with E-state index in [9.17, 15) is 22.0 Å². The summed E-state index contributed by atoms with van der Waals surface area (Å²) in [5.74, 6) is -11.2. The minimum absolute atomic E-state index is 0.305. The molecule has 100 valence electrons. The van der Waals surface area contributed by atoms with Gasteiger partial charge < -0.3 is 10.1 Å². The molecule has 1 N–H and O–H groups in total. The van der Waals surface area contributed by atoms with Crippen LogP contribution in [0.3, 0.4) is 0 Å².